The van der Waals surface area contributed by atoms with Gasteiger partial charge in [-0.1, -0.05) is 6.42 Å². The van der Waals surface area contributed by atoms with Crippen molar-refractivity contribution in [2.75, 3.05) is 12.8 Å². The highest BCUT2D eigenvalue weighted by Crippen LogP contribution is 2.45. The van der Waals surface area contributed by atoms with E-state index >= 15 is 0 Å². The molecule has 2 aliphatic rings. The van der Waals surface area contributed by atoms with Gasteiger partial charge in [0.25, 0.3) is 0 Å². The van der Waals surface area contributed by atoms with Gasteiger partial charge < -0.3 is 10.2 Å². The molecular formula is C15H24N2O3S. The molecule has 0 aromatic carbocycles. The van der Waals surface area contributed by atoms with Crippen LogP contribution in [0.5, 0.6) is 0 Å². The van der Waals surface area contributed by atoms with Crippen LogP contribution in [-0.4, -0.2) is 42.9 Å². The fraction of sp³-hybridized carbons (Fsp3) is 0.733. The number of sulfone groups is 1. The van der Waals surface area contributed by atoms with Crippen LogP contribution in [0.15, 0.2) is 22.8 Å². The van der Waals surface area contributed by atoms with Gasteiger partial charge in [-0.15, -0.1) is 0 Å². The predicted octanol–water partition coefficient (Wildman–Crippen LogP) is 1.54. The van der Waals surface area contributed by atoms with Crippen molar-refractivity contribution in [1.82, 2.24) is 4.90 Å². The van der Waals surface area contributed by atoms with Crippen molar-refractivity contribution in [1.29, 1.82) is 0 Å². The van der Waals surface area contributed by atoms with E-state index in [1.807, 2.05) is 12.1 Å². The average Bonchev–Trinajstić information content (AvgIpc) is 2.96. The van der Waals surface area contributed by atoms with Gasteiger partial charge in [-0.25, -0.2) is 8.42 Å². The van der Waals surface area contributed by atoms with Crippen LogP contribution < -0.4 is 5.73 Å². The molecule has 2 fully saturated rings. The first-order chi connectivity index (χ1) is 9.97. The summed E-state index contributed by atoms with van der Waals surface area (Å²) in [7, 11) is -3.10. The Morgan fingerprint density at radius 3 is 2.71 bits per heavy atom. The van der Waals surface area contributed by atoms with Crippen molar-refractivity contribution >= 4 is 9.84 Å². The van der Waals surface area contributed by atoms with Crippen molar-refractivity contribution in [3.05, 3.63) is 24.2 Å². The van der Waals surface area contributed by atoms with Gasteiger partial charge in [-0.05, 0) is 37.8 Å². The summed E-state index contributed by atoms with van der Waals surface area (Å²) in [6, 6.07) is 4.27. The van der Waals surface area contributed by atoms with Crippen LogP contribution in [0.2, 0.25) is 0 Å². The Labute approximate surface area is 126 Å². The van der Waals surface area contributed by atoms with Gasteiger partial charge in [-0.3, -0.25) is 4.90 Å². The monoisotopic (exact) mass is 312 g/mol. The molecule has 5 nitrogen and oxygen atoms in total. The zero-order chi connectivity index (χ0) is 15.1. The van der Waals surface area contributed by atoms with E-state index < -0.39 is 15.4 Å². The molecule has 0 spiro atoms. The van der Waals surface area contributed by atoms with Gasteiger partial charge in [0.15, 0.2) is 9.84 Å². The fourth-order valence-electron chi connectivity index (χ4n) is 3.92. The van der Waals surface area contributed by atoms with Crippen LogP contribution in [0, 0.1) is 0 Å². The maximum absolute atomic E-state index is 12.3. The van der Waals surface area contributed by atoms with Crippen molar-refractivity contribution in [3.63, 3.8) is 0 Å². The SMILES string of the molecule is CS(=O)(=O)C1CCCC1(CN)N(Cc1ccco1)C1CC1. The summed E-state index contributed by atoms with van der Waals surface area (Å²) >= 11 is 0. The summed E-state index contributed by atoms with van der Waals surface area (Å²) in [5.41, 5.74) is 5.69. The Bertz CT molecular complexity index is 580. The molecule has 2 unspecified atom stereocenters. The van der Waals surface area contributed by atoms with Gasteiger partial charge in [0.05, 0.1) is 23.6 Å². The van der Waals surface area contributed by atoms with E-state index in [0.29, 0.717) is 19.1 Å². The molecule has 0 saturated heterocycles. The van der Waals surface area contributed by atoms with Crippen LogP contribution in [0.25, 0.3) is 0 Å². The lowest BCUT2D eigenvalue weighted by molar-refractivity contribution is 0.0759. The van der Waals surface area contributed by atoms with E-state index in [2.05, 4.69) is 4.90 Å². The Hall–Kier alpha value is -0.850. The van der Waals surface area contributed by atoms with E-state index in [9.17, 15) is 8.42 Å². The number of nitrogens with zero attached hydrogens (tertiary/aromatic N) is 1. The first-order valence-corrected chi connectivity index (χ1v) is 9.61. The van der Waals surface area contributed by atoms with Crippen LogP contribution in [0.4, 0.5) is 0 Å². The molecule has 0 radical (unpaired) electrons. The van der Waals surface area contributed by atoms with E-state index in [-0.39, 0.29) is 5.25 Å². The second kappa shape index (κ2) is 5.41. The Morgan fingerprint density at radius 2 is 2.19 bits per heavy atom. The summed E-state index contributed by atoms with van der Waals surface area (Å²) in [4.78, 5) is 2.32. The second-order valence-electron chi connectivity index (χ2n) is 6.46. The smallest absolute Gasteiger partial charge is 0.152 e. The van der Waals surface area contributed by atoms with E-state index in [1.165, 1.54) is 6.26 Å². The molecule has 0 bridgehead atoms. The zero-order valence-electron chi connectivity index (χ0n) is 12.5. The topological polar surface area (TPSA) is 76.5 Å². The van der Waals surface area contributed by atoms with Crippen molar-refractivity contribution < 1.29 is 12.8 Å². The van der Waals surface area contributed by atoms with Gasteiger partial charge in [0.1, 0.15) is 5.76 Å². The molecule has 21 heavy (non-hydrogen) atoms. The van der Waals surface area contributed by atoms with Crippen molar-refractivity contribution in [2.45, 2.75) is 55.5 Å². The minimum atomic E-state index is -3.10. The first-order valence-electron chi connectivity index (χ1n) is 7.65. The molecule has 2 aliphatic carbocycles. The van der Waals surface area contributed by atoms with E-state index in [1.54, 1.807) is 6.26 Å². The molecule has 6 heteroatoms. The largest absolute Gasteiger partial charge is 0.468 e. The summed E-state index contributed by atoms with van der Waals surface area (Å²) < 4.78 is 30.0. The van der Waals surface area contributed by atoms with Crippen LogP contribution in [0.1, 0.15) is 37.9 Å². The Kier molecular flexibility index (Phi) is 3.88. The minimum Gasteiger partial charge on any atom is -0.468 e. The van der Waals surface area contributed by atoms with Crippen molar-refractivity contribution in [3.8, 4) is 0 Å². The minimum absolute atomic E-state index is 0.356. The molecular weight excluding hydrogens is 288 g/mol. The van der Waals surface area contributed by atoms with Gasteiger partial charge in [0, 0.05) is 18.8 Å². The highest BCUT2D eigenvalue weighted by molar-refractivity contribution is 7.91. The molecule has 0 amide bonds. The van der Waals surface area contributed by atoms with Gasteiger partial charge in [-0.2, -0.15) is 0 Å². The van der Waals surface area contributed by atoms with E-state index in [0.717, 1.165) is 37.9 Å². The number of hydrogen-bond donors (Lipinski definition) is 1. The number of nitrogens with two attached hydrogens (primary N) is 1. The highest BCUT2D eigenvalue weighted by Gasteiger charge is 2.54. The lowest BCUT2D eigenvalue weighted by Crippen LogP contribution is -2.60. The summed E-state index contributed by atoms with van der Waals surface area (Å²) in [5, 5.41) is -0.356. The maximum Gasteiger partial charge on any atom is 0.152 e. The van der Waals surface area contributed by atoms with Crippen LogP contribution >= 0.6 is 0 Å². The third kappa shape index (κ3) is 2.76. The molecule has 1 heterocycles. The summed E-state index contributed by atoms with van der Waals surface area (Å²) in [6.45, 7) is 1.04. The Balaban J connectivity index is 1.94. The summed E-state index contributed by atoms with van der Waals surface area (Å²) in [6.07, 6.45) is 7.77. The highest BCUT2D eigenvalue weighted by atomic mass is 32.2. The number of furan rings is 1. The lowest BCUT2D eigenvalue weighted by Gasteiger charge is -2.44. The standard InChI is InChI=1S/C15H24N2O3S/c1-21(18,19)14-5-2-8-15(14,11-16)17(12-6-7-12)10-13-4-3-9-20-13/h3-4,9,12,14H,2,5-8,10-11,16H2,1H3. The first kappa shape index (κ1) is 15.1. The van der Waals surface area contributed by atoms with Crippen LogP contribution in [-0.2, 0) is 16.4 Å². The molecule has 3 rings (SSSR count). The molecule has 0 aliphatic heterocycles. The number of hydrogen-bond acceptors (Lipinski definition) is 5. The van der Waals surface area contributed by atoms with Crippen LogP contribution in [0.3, 0.4) is 0 Å². The molecule has 2 N–H and O–H groups in total. The third-order valence-corrected chi connectivity index (χ3v) is 6.72. The summed E-state index contributed by atoms with van der Waals surface area (Å²) in [5.74, 6) is 0.883. The number of rotatable bonds is 6. The molecule has 1 aromatic rings. The molecule has 2 saturated carbocycles. The molecule has 2 atom stereocenters. The quantitative estimate of drug-likeness (QED) is 0.862. The molecule has 118 valence electrons. The lowest BCUT2D eigenvalue weighted by atomic mass is 9.94. The van der Waals surface area contributed by atoms with Crippen molar-refractivity contribution in [2.24, 2.45) is 5.73 Å². The normalized spacial score (nSPS) is 30.1. The second-order valence-corrected chi connectivity index (χ2v) is 8.68. The Morgan fingerprint density at radius 1 is 1.43 bits per heavy atom. The van der Waals surface area contributed by atoms with Gasteiger partial charge in [0.2, 0.25) is 0 Å². The van der Waals surface area contributed by atoms with E-state index in [4.69, 9.17) is 10.2 Å². The molecule has 1 aromatic heterocycles. The maximum atomic E-state index is 12.3. The fourth-order valence-corrected chi connectivity index (χ4v) is 5.66. The average molecular weight is 312 g/mol. The van der Waals surface area contributed by atoms with Gasteiger partial charge >= 0.3 is 0 Å². The third-order valence-electron chi connectivity index (χ3n) is 5.01. The predicted molar refractivity (Wildman–Crippen MR) is 81.5 cm³/mol. The zero-order valence-corrected chi connectivity index (χ0v) is 13.3.